The van der Waals surface area contributed by atoms with Crippen LogP contribution in [0.2, 0.25) is 0 Å². The number of hydrogen-bond acceptors (Lipinski definition) is 2. The molecule has 2 rings (SSSR count). The first-order chi connectivity index (χ1) is 7.63. The fraction of sp³-hybridized carbons (Fsp3) is 0.571. The Bertz CT molecular complexity index is 338. The van der Waals surface area contributed by atoms with Crippen LogP contribution in [-0.4, -0.2) is 18.7 Å². The van der Waals surface area contributed by atoms with E-state index in [1.54, 1.807) is 0 Å². The van der Waals surface area contributed by atoms with E-state index in [1.165, 1.54) is 18.4 Å². The average molecular weight is 219 g/mol. The molecule has 1 saturated carbocycles. The van der Waals surface area contributed by atoms with Gasteiger partial charge in [-0.3, -0.25) is 0 Å². The molecule has 16 heavy (non-hydrogen) atoms. The Morgan fingerprint density at radius 3 is 2.31 bits per heavy atom. The summed E-state index contributed by atoms with van der Waals surface area (Å²) in [5.41, 5.74) is 1.78. The van der Waals surface area contributed by atoms with Crippen molar-refractivity contribution >= 4 is 0 Å². The maximum absolute atomic E-state index is 5.63. The van der Waals surface area contributed by atoms with Gasteiger partial charge < -0.3 is 10.1 Å². The lowest BCUT2D eigenvalue weighted by Gasteiger charge is -2.15. The highest BCUT2D eigenvalue weighted by molar-refractivity contribution is 5.29. The lowest BCUT2D eigenvalue weighted by molar-refractivity contribution is 0.242. The Kier molecular flexibility index (Phi) is 3.20. The number of nitrogens with one attached hydrogen (secondary N) is 1. The second kappa shape index (κ2) is 4.46. The van der Waals surface area contributed by atoms with Crippen molar-refractivity contribution in [3.63, 3.8) is 0 Å². The second-order valence-electron chi connectivity index (χ2n) is 5.02. The molecule has 1 N–H and O–H groups in total. The molecule has 0 unspecified atom stereocenters. The number of hydrogen-bond donors (Lipinski definition) is 1. The Labute approximate surface area is 98.0 Å². The molecule has 0 aliphatic heterocycles. The fourth-order valence-electron chi connectivity index (χ4n) is 2.01. The van der Waals surface area contributed by atoms with Gasteiger partial charge in [-0.1, -0.05) is 12.1 Å². The van der Waals surface area contributed by atoms with Crippen LogP contribution < -0.4 is 10.1 Å². The molecular weight excluding hydrogens is 198 g/mol. The quantitative estimate of drug-likeness (QED) is 0.822. The highest BCUT2D eigenvalue weighted by Gasteiger charge is 2.40. The third-order valence-electron chi connectivity index (χ3n) is 3.22. The van der Waals surface area contributed by atoms with Gasteiger partial charge in [-0.25, -0.2) is 0 Å². The molecule has 0 saturated heterocycles. The molecule has 0 radical (unpaired) electrons. The van der Waals surface area contributed by atoms with Crippen LogP contribution in [0.25, 0.3) is 0 Å². The van der Waals surface area contributed by atoms with Crippen molar-refractivity contribution < 1.29 is 4.74 Å². The summed E-state index contributed by atoms with van der Waals surface area (Å²) < 4.78 is 5.63. The Balaban J connectivity index is 1.97. The van der Waals surface area contributed by atoms with Gasteiger partial charge >= 0.3 is 0 Å². The van der Waals surface area contributed by atoms with Crippen LogP contribution >= 0.6 is 0 Å². The largest absolute Gasteiger partial charge is 0.491 e. The first-order valence-corrected chi connectivity index (χ1v) is 6.08. The molecule has 2 nitrogen and oxygen atoms in total. The van der Waals surface area contributed by atoms with Crippen LogP contribution in [0.4, 0.5) is 0 Å². The Morgan fingerprint density at radius 2 is 1.88 bits per heavy atom. The topological polar surface area (TPSA) is 21.3 Å². The second-order valence-corrected chi connectivity index (χ2v) is 5.02. The molecular formula is C14H21NO. The predicted octanol–water partition coefficient (Wildman–Crippen LogP) is 2.77. The molecule has 1 aliphatic carbocycles. The van der Waals surface area contributed by atoms with E-state index in [0.29, 0.717) is 5.54 Å². The van der Waals surface area contributed by atoms with Gasteiger partial charge in [0.2, 0.25) is 0 Å². The maximum Gasteiger partial charge on any atom is 0.119 e. The smallest absolute Gasteiger partial charge is 0.119 e. The summed E-state index contributed by atoms with van der Waals surface area (Å²) in [5.74, 6) is 0.966. The normalized spacial score (nSPS) is 17.5. The lowest BCUT2D eigenvalue weighted by Crippen LogP contribution is -2.29. The molecule has 1 fully saturated rings. The minimum Gasteiger partial charge on any atom is -0.491 e. The predicted molar refractivity (Wildman–Crippen MR) is 66.9 cm³/mol. The molecule has 2 heteroatoms. The molecule has 1 aromatic rings. The highest BCUT2D eigenvalue weighted by Crippen LogP contribution is 2.38. The minimum absolute atomic E-state index is 0.248. The van der Waals surface area contributed by atoms with Gasteiger partial charge in [0.05, 0.1) is 6.10 Å². The third kappa shape index (κ3) is 2.76. The van der Waals surface area contributed by atoms with E-state index in [1.807, 2.05) is 13.8 Å². The minimum atomic E-state index is 0.248. The fourth-order valence-corrected chi connectivity index (χ4v) is 2.01. The monoisotopic (exact) mass is 219 g/mol. The van der Waals surface area contributed by atoms with E-state index in [9.17, 15) is 0 Å². The highest BCUT2D eigenvalue weighted by atomic mass is 16.5. The zero-order chi connectivity index (χ0) is 11.6. The van der Waals surface area contributed by atoms with Crippen molar-refractivity contribution in [3.8, 4) is 5.75 Å². The third-order valence-corrected chi connectivity index (χ3v) is 3.22. The summed E-state index contributed by atoms with van der Waals surface area (Å²) in [6.07, 6.45) is 3.98. The van der Waals surface area contributed by atoms with Crippen molar-refractivity contribution in [3.05, 3.63) is 29.8 Å². The van der Waals surface area contributed by atoms with Crippen molar-refractivity contribution in [1.29, 1.82) is 0 Å². The molecule has 0 amide bonds. The molecule has 0 spiro atoms. The number of ether oxygens (including phenoxy) is 1. The number of likely N-dealkylation sites (N-methyl/N-ethyl adjacent to an activating group) is 1. The van der Waals surface area contributed by atoms with Crippen LogP contribution in [0.5, 0.6) is 5.75 Å². The van der Waals surface area contributed by atoms with Crippen LogP contribution in [0.1, 0.15) is 32.3 Å². The number of benzene rings is 1. The maximum atomic E-state index is 5.63. The van der Waals surface area contributed by atoms with Crippen LogP contribution in [0.3, 0.4) is 0 Å². The van der Waals surface area contributed by atoms with E-state index in [2.05, 4.69) is 36.6 Å². The van der Waals surface area contributed by atoms with Gasteiger partial charge in [0, 0.05) is 5.54 Å². The molecule has 1 aliphatic rings. The van der Waals surface area contributed by atoms with Crippen molar-refractivity contribution in [2.75, 3.05) is 7.05 Å². The van der Waals surface area contributed by atoms with Gasteiger partial charge in [-0.05, 0) is 57.9 Å². The summed E-state index contributed by atoms with van der Waals surface area (Å²) in [6.45, 7) is 4.10. The van der Waals surface area contributed by atoms with E-state index in [-0.39, 0.29) is 6.10 Å². The van der Waals surface area contributed by atoms with Crippen molar-refractivity contribution in [2.45, 2.75) is 44.8 Å². The zero-order valence-electron chi connectivity index (χ0n) is 10.4. The van der Waals surface area contributed by atoms with E-state index in [4.69, 9.17) is 4.74 Å². The number of rotatable bonds is 5. The van der Waals surface area contributed by atoms with Crippen LogP contribution in [0, 0.1) is 0 Å². The first kappa shape index (κ1) is 11.5. The standard InChI is InChI=1S/C14H21NO/c1-11(2)16-13-6-4-12(5-7-13)10-14(15-3)8-9-14/h4-7,11,15H,8-10H2,1-3H3. The van der Waals surface area contributed by atoms with E-state index < -0.39 is 0 Å². The van der Waals surface area contributed by atoms with Gasteiger partial charge in [0.25, 0.3) is 0 Å². The zero-order valence-corrected chi connectivity index (χ0v) is 10.4. The van der Waals surface area contributed by atoms with Crippen LogP contribution in [0.15, 0.2) is 24.3 Å². The van der Waals surface area contributed by atoms with Gasteiger partial charge in [-0.15, -0.1) is 0 Å². The summed E-state index contributed by atoms with van der Waals surface area (Å²) in [5, 5.41) is 3.42. The van der Waals surface area contributed by atoms with Crippen molar-refractivity contribution in [1.82, 2.24) is 5.32 Å². The molecule has 0 aromatic heterocycles. The molecule has 0 atom stereocenters. The van der Waals surface area contributed by atoms with Crippen LogP contribution in [-0.2, 0) is 6.42 Å². The molecule has 0 heterocycles. The van der Waals surface area contributed by atoms with Crippen molar-refractivity contribution in [2.24, 2.45) is 0 Å². The summed E-state index contributed by atoms with van der Waals surface area (Å²) in [4.78, 5) is 0. The van der Waals surface area contributed by atoms with Gasteiger partial charge in [-0.2, -0.15) is 0 Å². The molecule has 0 bridgehead atoms. The Morgan fingerprint density at radius 1 is 1.25 bits per heavy atom. The van der Waals surface area contributed by atoms with Gasteiger partial charge in [0.15, 0.2) is 0 Å². The summed E-state index contributed by atoms with van der Waals surface area (Å²) in [7, 11) is 2.06. The lowest BCUT2D eigenvalue weighted by atomic mass is 10.0. The molecule has 1 aromatic carbocycles. The summed E-state index contributed by atoms with van der Waals surface area (Å²) in [6, 6.07) is 8.49. The van der Waals surface area contributed by atoms with E-state index >= 15 is 0 Å². The van der Waals surface area contributed by atoms with E-state index in [0.717, 1.165) is 12.2 Å². The first-order valence-electron chi connectivity index (χ1n) is 6.08. The Hall–Kier alpha value is -1.02. The van der Waals surface area contributed by atoms with Gasteiger partial charge in [0.1, 0.15) is 5.75 Å². The molecule has 88 valence electrons. The summed E-state index contributed by atoms with van der Waals surface area (Å²) >= 11 is 0. The average Bonchev–Trinajstić information content (AvgIpc) is 3.01. The SMILES string of the molecule is CNC1(Cc2ccc(OC(C)C)cc2)CC1.